The molecule has 0 aliphatic carbocycles. The average molecular weight is 122 g/mol. The first-order valence-corrected chi connectivity index (χ1v) is 2.55. The van der Waals surface area contributed by atoms with Crippen molar-refractivity contribution >= 4 is 0 Å². The van der Waals surface area contributed by atoms with E-state index in [1.165, 1.54) is 6.26 Å². The van der Waals surface area contributed by atoms with Gasteiger partial charge in [0.1, 0.15) is 12.9 Å². The third-order valence-electron chi connectivity index (χ3n) is 0.833. The van der Waals surface area contributed by atoms with Crippen LogP contribution in [0.15, 0.2) is 23.0 Å². The second-order valence-corrected chi connectivity index (χ2v) is 1.47. The molecule has 46 valence electrons. The van der Waals surface area contributed by atoms with Crippen molar-refractivity contribution in [2.45, 2.75) is 0 Å². The molecule has 2 nitrogen and oxygen atoms in total. The lowest BCUT2D eigenvalue weighted by molar-refractivity contribution is 0.350. The summed E-state index contributed by atoms with van der Waals surface area (Å²) in [5, 5.41) is 8.26. The molecule has 0 aromatic carbocycles. The molecule has 0 aliphatic rings. The van der Waals surface area contributed by atoms with Crippen LogP contribution < -0.4 is 0 Å². The second-order valence-electron chi connectivity index (χ2n) is 1.47. The average Bonchev–Trinajstić information content (AvgIpc) is 2.34. The molecule has 1 heterocycles. The third-order valence-corrected chi connectivity index (χ3v) is 0.833. The van der Waals surface area contributed by atoms with E-state index in [0.29, 0.717) is 0 Å². The van der Waals surface area contributed by atoms with E-state index in [4.69, 9.17) is 9.52 Å². The highest BCUT2D eigenvalue weighted by atomic mass is 16.3. The number of rotatable bonds is 0. The summed E-state index contributed by atoms with van der Waals surface area (Å²) in [5.74, 6) is 5.18. The van der Waals surface area contributed by atoms with Gasteiger partial charge in [0.2, 0.25) is 0 Å². The van der Waals surface area contributed by atoms with Crippen molar-refractivity contribution < 1.29 is 9.52 Å². The van der Waals surface area contributed by atoms with Crippen LogP contribution in [0, 0.1) is 11.8 Å². The van der Waals surface area contributed by atoms with Gasteiger partial charge in [0, 0.05) is 0 Å². The standard InChI is InChI=1S/C7H6O2/c8-4-1-2-7-3-5-9-6-7/h3,5-6,8H,4H2. The molecule has 1 aromatic rings. The van der Waals surface area contributed by atoms with Crippen LogP contribution in [-0.2, 0) is 0 Å². The third kappa shape index (κ3) is 1.63. The fourth-order valence-electron chi connectivity index (χ4n) is 0.477. The molecule has 1 aromatic heterocycles. The summed E-state index contributed by atoms with van der Waals surface area (Å²) in [6.45, 7) is -0.106. The van der Waals surface area contributed by atoms with Crippen LogP contribution in [0.3, 0.4) is 0 Å². The summed E-state index contributed by atoms with van der Waals surface area (Å²) in [6.07, 6.45) is 3.07. The molecular formula is C7H6O2. The molecule has 0 bridgehead atoms. The summed E-state index contributed by atoms with van der Waals surface area (Å²) < 4.78 is 4.73. The maximum Gasteiger partial charge on any atom is 0.106 e. The molecule has 9 heavy (non-hydrogen) atoms. The molecule has 0 saturated heterocycles. The minimum atomic E-state index is -0.106. The Balaban J connectivity index is 2.67. The smallest absolute Gasteiger partial charge is 0.106 e. The van der Waals surface area contributed by atoms with Crippen molar-refractivity contribution in [2.75, 3.05) is 6.61 Å². The largest absolute Gasteiger partial charge is 0.471 e. The topological polar surface area (TPSA) is 33.4 Å². The Labute approximate surface area is 53.1 Å². The predicted octanol–water partition coefficient (Wildman–Crippen LogP) is 0.623. The number of aliphatic hydroxyl groups excluding tert-OH is 1. The van der Waals surface area contributed by atoms with E-state index in [9.17, 15) is 0 Å². The van der Waals surface area contributed by atoms with Crippen molar-refractivity contribution in [1.82, 2.24) is 0 Å². The Bertz CT molecular complexity index is 213. The summed E-state index contributed by atoms with van der Waals surface area (Å²) in [6, 6.07) is 1.74. The zero-order chi connectivity index (χ0) is 6.53. The van der Waals surface area contributed by atoms with Crippen molar-refractivity contribution in [1.29, 1.82) is 0 Å². The Hall–Kier alpha value is -1.20. The quantitative estimate of drug-likeness (QED) is 0.512. The van der Waals surface area contributed by atoms with Crippen LogP contribution in [0.1, 0.15) is 5.56 Å². The lowest BCUT2D eigenvalue weighted by Gasteiger charge is -1.71. The zero-order valence-corrected chi connectivity index (χ0v) is 4.79. The molecule has 1 rings (SSSR count). The van der Waals surface area contributed by atoms with Crippen LogP contribution in [0.2, 0.25) is 0 Å². The number of furan rings is 1. The monoisotopic (exact) mass is 122 g/mol. The molecule has 1 N–H and O–H groups in total. The van der Waals surface area contributed by atoms with E-state index in [2.05, 4.69) is 11.8 Å². The zero-order valence-electron chi connectivity index (χ0n) is 4.79. The van der Waals surface area contributed by atoms with Crippen molar-refractivity contribution in [2.24, 2.45) is 0 Å². The first-order valence-electron chi connectivity index (χ1n) is 2.55. The maximum atomic E-state index is 8.26. The molecule has 0 aliphatic heterocycles. The number of hydrogen-bond donors (Lipinski definition) is 1. The van der Waals surface area contributed by atoms with Gasteiger partial charge in [-0.1, -0.05) is 11.8 Å². The van der Waals surface area contributed by atoms with Gasteiger partial charge < -0.3 is 9.52 Å². The molecule has 0 spiro atoms. The van der Waals surface area contributed by atoms with Crippen LogP contribution in [-0.4, -0.2) is 11.7 Å². The predicted molar refractivity (Wildman–Crippen MR) is 32.7 cm³/mol. The van der Waals surface area contributed by atoms with Gasteiger partial charge in [0.15, 0.2) is 0 Å². The van der Waals surface area contributed by atoms with Gasteiger partial charge in [0.05, 0.1) is 11.8 Å². The maximum absolute atomic E-state index is 8.26. The van der Waals surface area contributed by atoms with Gasteiger partial charge in [-0.3, -0.25) is 0 Å². The lowest BCUT2D eigenvalue weighted by Crippen LogP contribution is -1.71. The van der Waals surface area contributed by atoms with E-state index < -0.39 is 0 Å². The normalized spacial score (nSPS) is 8.11. The van der Waals surface area contributed by atoms with E-state index in [1.807, 2.05) is 0 Å². The van der Waals surface area contributed by atoms with Gasteiger partial charge in [-0.2, -0.15) is 0 Å². The number of hydrogen-bond acceptors (Lipinski definition) is 2. The Morgan fingerprint density at radius 3 is 3.11 bits per heavy atom. The van der Waals surface area contributed by atoms with Gasteiger partial charge in [0.25, 0.3) is 0 Å². The molecule has 0 radical (unpaired) electrons. The summed E-state index contributed by atoms with van der Waals surface area (Å²) >= 11 is 0. The van der Waals surface area contributed by atoms with Crippen molar-refractivity contribution in [3.05, 3.63) is 24.2 Å². The highest BCUT2D eigenvalue weighted by Crippen LogP contribution is 1.95. The highest BCUT2D eigenvalue weighted by Gasteiger charge is 1.82. The van der Waals surface area contributed by atoms with Gasteiger partial charge in [-0.05, 0) is 6.07 Å². The van der Waals surface area contributed by atoms with Crippen molar-refractivity contribution in [3.8, 4) is 11.8 Å². The van der Waals surface area contributed by atoms with Crippen molar-refractivity contribution in [3.63, 3.8) is 0 Å². The second kappa shape index (κ2) is 2.95. The summed E-state index contributed by atoms with van der Waals surface area (Å²) in [4.78, 5) is 0. The Kier molecular flexibility index (Phi) is 1.95. The van der Waals surface area contributed by atoms with Crippen LogP contribution in [0.5, 0.6) is 0 Å². The molecule has 0 amide bonds. The van der Waals surface area contributed by atoms with E-state index in [-0.39, 0.29) is 6.61 Å². The summed E-state index contributed by atoms with van der Waals surface area (Å²) in [7, 11) is 0. The summed E-state index contributed by atoms with van der Waals surface area (Å²) in [5.41, 5.74) is 0.795. The van der Waals surface area contributed by atoms with Crippen LogP contribution in [0.25, 0.3) is 0 Å². The molecule has 0 atom stereocenters. The van der Waals surface area contributed by atoms with Gasteiger partial charge in [-0.15, -0.1) is 0 Å². The molecule has 0 fully saturated rings. The van der Waals surface area contributed by atoms with Crippen LogP contribution >= 0.6 is 0 Å². The molecule has 0 saturated carbocycles. The first-order chi connectivity index (χ1) is 4.43. The molecular weight excluding hydrogens is 116 g/mol. The molecule has 2 heteroatoms. The lowest BCUT2D eigenvalue weighted by atomic mass is 10.3. The fourth-order valence-corrected chi connectivity index (χ4v) is 0.477. The first kappa shape index (κ1) is 5.93. The number of aliphatic hydroxyl groups is 1. The Morgan fingerprint density at radius 1 is 1.67 bits per heavy atom. The van der Waals surface area contributed by atoms with Gasteiger partial charge in [-0.25, -0.2) is 0 Å². The van der Waals surface area contributed by atoms with Crippen LogP contribution in [0.4, 0.5) is 0 Å². The van der Waals surface area contributed by atoms with E-state index >= 15 is 0 Å². The fraction of sp³-hybridized carbons (Fsp3) is 0.143. The minimum absolute atomic E-state index is 0.106. The molecule has 0 unspecified atom stereocenters. The Morgan fingerprint density at radius 2 is 2.56 bits per heavy atom. The SMILES string of the molecule is OCC#Cc1ccoc1. The highest BCUT2D eigenvalue weighted by molar-refractivity contribution is 5.29. The van der Waals surface area contributed by atoms with Gasteiger partial charge >= 0.3 is 0 Å². The van der Waals surface area contributed by atoms with E-state index in [0.717, 1.165) is 5.56 Å². The van der Waals surface area contributed by atoms with E-state index in [1.54, 1.807) is 12.3 Å². The minimum Gasteiger partial charge on any atom is -0.471 e.